The number of carbonyl (C=O) groups excluding carboxylic acids is 3. The fourth-order valence-corrected chi connectivity index (χ4v) is 4.42. The van der Waals surface area contributed by atoms with Crippen molar-refractivity contribution in [3.05, 3.63) is 77.3 Å². The van der Waals surface area contributed by atoms with Crippen LogP contribution in [0.4, 0.5) is 16.2 Å². The molecule has 0 unspecified atom stereocenters. The molecule has 0 saturated carbocycles. The minimum absolute atomic E-state index is 0.100. The second-order valence-corrected chi connectivity index (χ2v) is 8.91. The van der Waals surface area contributed by atoms with E-state index in [0.717, 1.165) is 10.5 Å². The number of imide groups is 1. The Hall–Kier alpha value is -4.24. The van der Waals surface area contributed by atoms with Crippen molar-refractivity contribution in [1.29, 1.82) is 0 Å². The molecule has 1 N–H and O–H groups in total. The zero-order valence-electron chi connectivity index (χ0n) is 20.0. The van der Waals surface area contributed by atoms with Crippen LogP contribution in [0.2, 0.25) is 5.02 Å². The first-order valence-corrected chi connectivity index (χ1v) is 12.1. The highest BCUT2D eigenvalue weighted by atomic mass is 35.5. The normalized spacial score (nSPS) is 16.3. The highest BCUT2D eigenvalue weighted by Crippen LogP contribution is 2.35. The third-order valence-electron chi connectivity index (χ3n) is 6.00. The van der Waals surface area contributed by atoms with Gasteiger partial charge in [-0.3, -0.25) is 9.59 Å². The van der Waals surface area contributed by atoms with Crippen molar-refractivity contribution >= 4 is 40.8 Å². The van der Waals surface area contributed by atoms with Crippen LogP contribution >= 0.6 is 11.6 Å². The van der Waals surface area contributed by atoms with Gasteiger partial charge >= 0.3 is 6.03 Å². The molecule has 2 aliphatic heterocycles. The van der Waals surface area contributed by atoms with Gasteiger partial charge in [-0.05, 0) is 61.0 Å². The van der Waals surface area contributed by atoms with Crippen LogP contribution in [-0.2, 0) is 16.1 Å². The van der Waals surface area contributed by atoms with Crippen molar-refractivity contribution in [3.8, 4) is 17.2 Å². The van der Waals surface area contributed by atoms with Crippen LogP contribution in [0.5, 0.6) is 17.2 Å². The predicted molar refractivity (Wildman–Crippen MR) is 137 cm³/mol. The van der Waals surface area contributed by atoms with Gasteiger partial charge in [0.25, 0.3) is 5.91 Å². The van der Waals surface area contributed by atoms with Gasteiger partial charge in [-0.1, -0.05) is 23.7 Å². The number of nitrogens with zero attached hydrogens (tertiary/aromatic N) is 2. The molecule has 3 aromatic carbocycles. The number of nitrogens with one attached hydrogen (secondary N) is 1. The van der Waals surface area contributed by atoms with Gasteiger partial charge in [-0.15, -0.1) is 0 Å². The third kappa shape index (κ3) is 5.17. The van der Waals surface area contributed by atoms with E-state index in [1.165, 1.54) is 4.90 Å². The van der Waals surface area contributed by atoms with E-state index in [1.54, 1.807) is 66.7 Å². The maximum Gasteiger partial charge on any atom is 0.332 e. The van der Waals surface area contributed by atoms with Gasteiger partial charge in [0.1, 0.15) is 11.8 Å². The van der Waals surface area contributed by atoms with Crippen LogP contribution in [0, 0.1) is 0 Å². The maximum atomic E-state index is 13.5. The highest BCUT2D eigenvalue weighted by Gasteiger charge is 2.46. The average molecular weight is 522 g/mol. The minimum atomic E-state index is -1.01. The largest absolute Gasteiger partial charge is 0.494 e. The van der Waals surface area contributed by atoms with E-state index < -0.39 is 23.9 Å². The highest BCUT2D eigenvalue weighted by molar-refractivity contribution is 6.30. The number of hydrogen-bond acceptors (Lipinski definition) is 6. The van der Waals surface area contributed by atoms with Crippen LogP contribution < -0.4 is 24.4 Å². The molecule has 4 amide bonds. The maximum absolute atomic E-state index is 13.5. The summed E-state index contributed by atoms with van der Waals surface area (Å²) >= 11 is 6.00. The lowest BCUT2D eigenvalue weighted by Gasteiger charge is -2.22. The van der Waals surface area contributed by atoms with Crippen molar-refractivity contribution in [3.63, 3.8) is 0 Å². The summed E-state index contributed by atoms with van der Waals surface area (Å²) in [4.78, 5) is 42.5. The molecule has 190 valence electrons. The van der Waals surface area contributed by atoms with E-state index in [4.69, 9.17) is 25.8 Å². The number of rotatable bonds is 8. The minimum Gasteiger partial charge on any atom is -0.494 e. The number of benzene rings is 3. The van der Waals surface area contributed by atoms with Crippen molar-refractivity contribution in [2.45, 2.75) is 25.9 Å². The summed E-state index contributed by atoms with van der Waals surface area (Å²) in [6.07, 6.45) is -0.224. The van der Waals surface area contributed by atoms with Crippen LogP contribution in [-0.4, -0.2) is 42.2 Å². The Bertz CT molecular complexity index is 1350. The molecule has 2 aliphatic rings. The Balaban J connectivity index is 1.39. The molecular formula is C27H24ClN3O6. The summed E-state index contributed by atoms with van der Waals surface area (Å²) in [5.74, 6) is 0.888. The molecule has 3 aromatic rings. The first-order valence-electron chi connectivity index (χ1n) is 11.7. The van der Waals surface area contributed by atoms with Crippen LogP contribution in [0.3, 0.4) is 0 Å². The monoisotopic (exact) mass is 521 g/mol. The Labute approximate surface area is 218 Å². The summed E-state index contributed by atoms with van der Waals surface area (Å²) in [5, 5.41) is 3.28. The molecule has 1 atom stereocenters. The van der Waals surface area contributed by atoms with Crippen molar-refractivity contribution in [2.75, 3.05) is 23.6 Å². The molecule has 0 aliphatic carbocycles. The molecule has 0 aromatic heterocycles. The third-order valence-corrected chi connectivity index (χ3v) is 6.25. The summed E-state index contributed by atoms with van der Waals surface area (Å²) in [5.41, 5.74) is 1.64. The average Bonchev–Trinajstić information content (AvgIpc) is 3.43. The predicted octanol–water partition coefficient (Wildman–Crippen LogP) is 4.83. The molecule has 1 saturated heterocycles. The number of anilines is 2. The Morgan fingerprint density at radius 2 is 1.84 bits per heavy atom. The van der Waals surface area contributed by atoms with E-state index in [1.807, 2.05) is 6.92 Å². The summed E-state index contributed by atoms with van der Waals surface area (Å²) in [6, 6.07) is 17.2. The van der Waals surface area contributed by atoms with E-state index in [0.29, 0.717) is 40.3 Å². The number of ether oxygens (including phenoxy) is 3. The standard InChI is InChI=1S/C27H24ClN3O6/c1-2-35-21-5-3-4-19(13-21)29-25(32)14-22-26(33)31(20-9-7-18(28)8-10-20)27(34)30(22)15-17-6-11-23-24(12-17)37-16-36-23/h3-13,22H,2,14-16H2,1H3,(H,29,32)/t22-/m1/s1. The first-order chi connectivity index (χ1) is 17.9. The molecule has 2 heterocycles. The van der Waals surface area contributed by atoms with Gasteiger partial charge in [0.05, 0.1) is 18.7 Å². The molecule has 37 heavy (non-hydrogen) atoms. The van der Waals surface area contributed by atoms with Gasteiger partial charge in [-0.25, -0.2) is 9.69 Å². The molecule has 1 fully saturated rings. The van der Waals surface area contributed by atoms with Gasteiger partial charge in [-0.2, -0.15) is 0 Å². The zero-order valence-corrected chi connectivity index (χ0v) is 20.7. The molecule has 5 rings (SSSR count). The zero-order chi connectivity index (χ0) is 25.9. The lowest BCUT2D eigenvalue weighted by atomic mass is 10.1. The Morgan fingerprint density at radius 3 is 2.62 bits per heavy atom. The Morgan fingerprint density at radius 1 is 1.05 bits per heavy atom. The smallest absolute Gasteiger partial charge is 0.332 e. The lowest BCUT2D eigenvalue weighted by Crippen LogP contribution is -2.37. The molecule has 0 radical (unpaired) electrons. The number of fused-ring (bicyclic) bond motifs is 1. The van der Waals surface area contributed by atoms with Crippen LogP contribution in [0.15, 0.2) is 66.7 Å². The fourth-order valence-electron chi connectivity index (χ4n) is 4.30. The van der Waals surface area contributed by atoms with E-state index >= 15 is 0 Å². The summed E-state index contributed by atoms with van der Waals surface area (Å²) in [7, 11) is 0. The topological polar surface area (TPSA) is 97.4 Å². The van der Waals surface area contributed by atoms with Gasteiger partial charge < -0.3 is 24.4 Å². The number of halogens is 1. The molecule has 10 heteroatoms. The molecular weight excluding hydrogens is 498 g/mol. The fraction of sp³-hybridized carbons (Fsp3) is 0.222. The summed E-state index contributed by atoms with van der Waals surface area (Å²) < 4.78 is 16.3. The second kappa shape index (κ2) is 10.4. The van der Waals surface area contributed by atoms with Gasteiger partial charge in [0.15, 0.2) is 11.5 Å². The molecule has 0 spiro atoms. The van der Waals surface area contributed by atoms with E-state index in [2.05, 4.69) is 5.32 Å². The van der Waals surface area contributed by atoms with E-state index in [-0.39, 0.29) is 19.8 Å². The molecule has 0 bridgehead atoms. The summed E-state index contributed by atoms with van der Waals surface area (Å²) in [6.45, 7) is 2.58. The van der Waals surface area contributed by atoms with Crippen molar-refractivity contribution in [2.24, 2.45) is 0 Å². The second-order valence-electron chi connectivity index (χ2n) is 8.48. The van der Waals surface area contributed by atoms with Crippen LogP contribution in [0.25, 0.3) is 0 Å². The number of amides is 4. The number of carbonyl (C=O) groups is 3. The number of hydrogen-bond donors (Lipinski definition) is 1. The van der Waals surface area contributed by atoms with Crippen molar-refractivity contribution < 1.29 is 28.6 Å². The van der Waals surface area contributed by atoms with Crippen molar-refractivity contribution in [1.82, 2.24) is 4.90 Å². The quantitative estimate of drug-likeness (QED) is 0.426. The van der Waals surface area contributed by atoms with E-state index in [9.17, 15) is 14.4 Å². The Kier molecular flexibility index (Phi) is 6.87. The van der Waals surface area contributed by atoms with Gasteiger partial charge in [0.2, 0.25) is 12.7 Å². The number of urea groups is 1. The van der Waals surface area contributed by atoms with Gasteiger partial charge in [0, 0.05) is 23.3 Å². The van der Waals surface area contributed by atoms with Crippen LogP contribution in [0.1, 0.15) is 18.9 Å². The first kappa shape index (κ1) is 24.5. The molecule has 9 nitrogen and oxygen atoms in total. The SMILES string of the molecule is CCOc1cccc(NC(=O)C[C@@H]2C(=O)N(c3ccc(Cl)cc3)C(=O)N2Cc2ccc3c(c2)OCO3)c1. The lowest BCUT2D eigenvalue weighted by molar-refractivity contribution is -0.124.